The lowest BCUT2D eigenvalue weighted by atomic mass is 9.98. The zero-order valence-corrected chi connectivity index (χ0v) is 19.5. The molecule has 1 aromatic carbocycles. The van der Waals surface area contributed by atoms with E-state index in [1.807, 2.05) is 48.7 Å². The predicted molar refractivity (Wildman–Crippen MR) is 125 cm³/mol. The number of nitrogens with zero attached hydrogens (tertiary/aromatic N) is 4. The molecule has 0 bridgehead atoms. The number of fused-ring (bicyclic) bond motifs is 4. The molecule has 1 aliphatic heterocycles. The van der Waals surface area contributed by atoms with Crippen molar-refractivity contribution in [1.29, 1.82) is 0 Å². The maximum absolute atomic E-state index is 13.0. The Morgan fingerprint density at radius 1 is 1.15 bits per heavy atom. The highest BCUT2D eigenvalue weighted by Crippen LogP contribution is 2.71. The number of nitrogens with one attached hydrogen (secondary N) is 2. The Bertz CT molecular complexity index is 1360. The molecule has 3 fully saturated rings. The molecule has 3 aromatic rings. The summed E-state index contributed by atoms with van der Waals surface area (Å²) in [4.78, 5) is 26.9. The van der Waals surface area contributed by atoms with Gasteiger partial charge in [0.05, 0.1) is 17.8 Å². The molecule has 0 spiro atoms. The van der Waals surface area contributed by atoms with Crippen molar-refractivity contribution in [3.63, 3.8) is 0 Å². The zero-order chi connectivity index (χ0) is 23.7. The number of carbonyl (C=O) groups excluding carboxylic acids is 1. The van der Waals surface area contributed by atoms with Crippen LogP contribution in [0.25, 0.3) is 11.2 Å². The van der Waals surface area contributed by atoms with Crippen molar-refractivity contribution in [3.8, 4) is 11.8 Å². The molecule has 3 aliphatic rings. The summed E-state index contributed by atoms with van der Waals surface area (Å²) in [5.41, 5.74) is 1.61. The Morgan fingerprint density at radius 2 is 1.94 bits per heavy atom. The minimum atomic E-state index is -0.768. The zero-order valence-electron chi connectivity index (χ0n) is 19.5. The molecule has 3 heterocycles. The van der Waals surface area contributed by atoms with Crippen LogP contribution in [0.4, 0.5) is 5.82 Å². The van der Waals surface area contributed by atoms with Gasteiger partial charge in [-0.05, 0) is 38.3 Å². The normalized spacial score (nSPS) is 30.2. The first-order valence-electron chi connectivity index (χ1n) is 11.4. The standard InChI is InChI=1S/C25H26N6O3/c1-24(2)33-19-18(15-12-25(15,20(19)34-24)23(32)27-4)31-13-28-17-21(26-3)29-16(30-22(17)31)11-10-14-8-6-5-7-9-14/h5-9,13,15,18-20H,12H2,1-4H3,(H,27,32)(H,26,29,30)/t15-,18-,19+,20+,25+/m1/s1. The van der Waals surface area contributed by atoms with Crippen LogP contribution >= 0.6 is 0 Å². The smallest absolute Gasteiger partial charge is 0.229 e. The predicted octanol–water partition coefficient (Wildman–Crippen LogP) is 2.09. The highest BCUT2D eigenvalue weighted by atomic mass is 16.8. The molecule has 9 nitrogen and oxygen atoms in total. The Labute approximate surface area is 197 Å². The van der Waals surface area contributed by atoms with Gasteiger partial charge in [-0.25, -0.2) is 15.0 Å². The van der Waals surface area contributed by atoms with E-state index >= 15 is 0 Å². The SMILES string of the molecule is CNC(=O)[C@@]12C[C@@H]1[C@@H](n1cnc3c(NC)nc(C#Cc4ccccc4)nc31)[C@@H]1OC(C)(C)O[C@@H]12. The number of carbonyl (C=O) groups is 1. The molecule has 1 saturated heterocycles. The van der Waals surface area contributed by atoms with Crippen LogP contribution in [0.15, 0.2) is 36.7 Å². The first-order chi connectivity index (χ1) is 16.4. The lowest BCUT2D eigenvalue weighted by Gasteiger charge is -2.24. The number of benzene rings is 1. The summed E-state index contributed by atoms with van der Waals surface area (Å²) in [6.45, 7) is 3.78. The molecule has 0 radical (unpaired) electrons. The van der Waals surface area contributed by atoms with Gasteiger partial charge in [0.1, 0.15) is 12.2 Å². The molecule has 1 amide bonds. The average molecular weight is 459 g/mol. The van der Waals surface area contributed by atoms with Crippen molar-refractivity contribution in [3.05, 3.63) is 48.0 Å². The molecule has 9 heteroatoms. The highest BCUT2D eigenvalue weighted by molar-refractivity contribution is 5.88. The first kappa shape index (κ1) is 21.1. The monoisotopic (exact) mass is 458 g/mol. The van der Waals surface area contributed by atoms with E-state index in [0.29, 0.717) is 22.8 Å². The largest absolute Gasteiger partial charge is 0.371 e. The number of aromatic nitrogens is 4. The van der Waals surface area contributed by atoms with Crippen LogP contribution in [-0.2, 0) is 14.3 Å². The Kier molecular flexibility index (Phi) is 4.50. The molecule has 2 N–H and O–H groups in total. The van der Waals surface area contributed by atoms with Gasteiger partial charge in [-0.15, -0.1) is 0 Å². The van der Waals surface area contributed by atoms with Gasteiger partial charge in [0.25, 0.3) is 0 Å². The van der Waals surface area contributed by atoms with Crippen molar-refractivity contribution in [2.75, 3.05) is 19.4 Å². The molecule has 6 rings (SSSR count). The second-order valence-corrected chi connectivity index (χ2v) is 9.53. The summed E-state index contributed by atoms with van der Waals surface area (Å²) >= 11 is 0. The van der Waals surface area contributed by atoms with Crippen molar-refractivity contribution in [2.45, 2.75) is 44.3 Å². The molecular weight excluding hydrogens is 432 g/mol. The van der Waals surface area contributed by atoms with E-state index in [0.717, 1.165) is 12.0 Å². The number of hydrogen-bond acceptors (Lipinski definition) is 7. The van der Waals surface area contributed by atoms with E-state index in [1.165, 1.54) is 0 Å². The van der Waals surface area contributed by atoms with Gasteiger partial charge in [0.15, 0.2) is 22.8 Å². The molecule has 2 aliphatic carbocycles. The van der Waals surface area contributed by atoms with E-state index in [-0.39, 0.29) is 30.1 Å². The third-order valence-electron chi connectivity index (χ3n) is 7.17. The molecule has 0 unspecified atom stereocenters. The molecular formula is C25H26N6O3. The maximum atomic E-state index is 13.0. The van der Waals surface area contributed by atoms with Crippen LogP contribution < -0.4 is 10.6 Å². The number of hydrogen-bond donors (Lipinski definition) is 2. The van der Waals surface area contributed by atoms with Crippen LogP contribution in [-0.4, -0.2) is 57.5 Å². The fourth-order valence-corrected chi connectivity index (χ4v) is 5.71. The number of anilines is 1. The van der Waals surface area contributed by atoms with Gasteiger partial charge < -0.3 is 24.7 Å². The highest BCUT2D eigenvalue weighted by Gasteiger charge is 2.79. The van der Waals surface area contributed by atoms with E-state index in [1.54, 1.807) is 20.4 Å². The van der Waals surface area contributed by atoms with Gasteiger partial charge in [-0.2, -0.15) is 0 Å². The van der Waals surface area contributed by atoms with Crippen LogP contribution in [0, 0.1) is 23.2 Å². The molecule has 5 atom stereocenters. The van der Waals surface area contributed by atoms with Crippen LogP contribution in [0.5, 0.6) is 0 Å². The Balaban J connectivity index is 1.45. The van der Waals surface area contributed by atoms with Gasteiger partial charge in [-0.3, -0.25) is 4.79 Å². The third kappa shape index (κ3) is 2.95. The van der Waals surface area contributed by atoms with Gasteiger partial charge >= 0.3 is 0 Å². The van der Waals surface area contributed by atoms with Gasteiger partial charge in [0.2, 0.25) is 11.7 Å². The van der Waals surface area contributed by atoms with E-state index in [2.05, 4.69) is 32.4 Å². The van der Waals surface area contributed by atoms with E-state index in [4.69, 9.17) is 14.5 Å². The number of ether oxygens (including phenoxy) is 2. The quantitative estimate of drug-likeness (QED) is 0.580. The molecule has 174 valence electrons. The first-order valence-corrected chi connectivity index (χ1v) is 11.4. The van der Waals surface area contributed by atoms with Crippen molar-refractivity contribution in [1.82, 2.24) is 24.8 Å². The number of rotatable bonds is 3. The summed E-state index contributed by atoms with van der Waals surface area (Å²) in [6.07, 6.45) is 1.90. The van der Waals surface area contributed by atoms with Gasteiger partial charge in [0, 0.05) is 25.6 Å². The lowest BCUT2D eigenvalue weighted by molar-refractivity contribution is -0.164. The average Bonchev–Trinajstić information content (AvgIpc) is 3.15. The van der Waals surface area contributed by atoms with Gasteiger partial charge in [-0.1, -0.05) is 24.1 Å². The number of amides is 1. The van der Waals surface area contributed by atoms with E-state index in [9.17, 15) is 4.79 Å². The van der Waals surface area contributed by atoms with E-state index < -0.39 is 11.2 Å². The minimum Gasteiger partial charge on any atom is -0.371 e. The fourth-order valence-electron chi connectivity index (χ4n) is 5.71. The minimum absolute atomic E-state index is 0.000627. The van der Waals surface area contributed by atoms with Crippen LogP contribution in [0.2, 0.25) is 0 Å². The molecule has 34 heavy (non-hydrogen) atoms. The summed E-state index contributed by atoms with van der Waals surface area (Å²) in [5.74, 6) is 6.51. The second-order valence-electron chi connectivity index (χ2n) is 9.53. The van der Waals surface area contributed by atoms with Crippen LogP contribution in [0.1, 0.15) is 37.7 Å². The summed E-state index contributed by atoms with van der Waals surface area (Å²) < 4.78 is 14.6. The Hall–Kier alpha value is -3.48. The molecule has 2 aromatic heterocycles. The van der Waals surface area contributed by atoms with Crippen molar-refractivity contribution >= 4 is 22.9 Å². The summed E-state index contributed by atoms with van der Waals surface area (Å²) in [7, 11) is 3.47. The van der Waals surface area contributed by atoms with Crippen LogP contribution in [0.3, 0.4) is 0 Å². The molecule has 2 saturated carbocycles. The Morgan fingerprint density at radius 3 is 2.68 bits per heavy atom. The fraction of sp³-hybridized carbons (Fsp3) is 0.440. The van der Waals surface area contributed by atoms with Crippen molar-refractivity contribution in [2.24, 2.45) is 11.3 Å². The number of imidazole rings is 1. The lowest BCUT2D eigenvalue weighted by Crippen LogP contribution is -2.40. The maximum Gasteiger partial charge on any atom is 0.229 e. The topological polar surface area (TPSA) is 103 Å². The summed E-state index contributed by atoms with van der Waals surface area (Å²) in [5, 5.41) is 5.95. The summed E-state index contributed by atoms with van der Waals surface area (Å²) in [6, 6.07) is 9.59. The van der Waals surface area contributed by atoms with Crippen molar-refractivity contribution < 1.29 is 14.3 Å². The third-order valence-corrected chi connectivity index (χ3v) is 7.17. The second kappa shape index (κ2) is 7.26.